The van der Waals surface area contributed by atoms with Crippen LogP contribution in [0.1, 0.15) is 48.7 Å². The van der Waals surface area contributed by atoms with E-state index in [2.05, 4.69) is 17.2 Å². The lowest BCUT2D eigenvalue weighted by Gasteiger charge is -2.06. The van der Waals surface area contributed by atoms with Gasteiger partial charge in [0, 0.05) is 12.7 Å². The van der Waals surface area contributed by atoms with Crippen LogP contribution in [0.3, 0.4) is 0 Å². The van der Waals surface area contributed by atoms with Crippen LogP contribution >= 0.6 is 0 Å². The molecule has 16 heavy (non-hydrogen) atoms. The molecule has 0 aromatic carbocycles. The molecule has 1 rings (SSSR count). The summed E-state index contributed by atoms with van der Waals surface area (Å²) < 4.78 is 0. The highest BCUT2D eigenvalue weighted by molar-refractivity contribution is 5.93. The van der Waals surface area contributed by atoms with Crippen molar-refractivity contribution in [3.05, 3.63) is 29.6 Å². The second-order valence-corrected chi connectivity index (χ2v) is 3.99. The summed E-state index contributed by atoms with van der Waals surface area (Å²) in [6.45, 7) is 4.82. The second-order valence-electron chi connectivity index (χ2n) is 3.99. The first kappa shape index (κ1) is 12.7. The summed E-state index contributed by atoms with van der Waals surface area (Å²) in [5.41, 5.74) is 1.46. The number of amides is 1. The Labute approximate surface area is 97.3 Å². The number of unbranched alkanes of at least 4 members (excludes halogenated alkanes) is 3. The summed E-state index contributed by atoms with van der Waals surface area (Å²) in [4.78, 5) is 15.8. The van der Waals surface area contributed by atoms with Gasteiger partial charge in [-0.25, -0.2) is 0 Å². The molecule has 0 fully saturated rings. The van der Waals surface area contributed by atoms with Gasteiger partial charge in [0.15, 0.2) is 0 Å². The van der Waals surface area contributed by atoms with E-state index in [0.29, 0.717) is 5.69 Å². The molecule has 0 spiro atoms. The van der Waals surface area contributed by atoms with Crippen molar-refractivity contribution in [3.8, 4) is 0 Å². The molecule has 0 saturated heterocycles. The van der Waals surface area contributed by atoms with Crippen molar-refractivity contribution in [3.63, 3.8) is 0 Å². The fourth-order valence-electron chi connectivity index (χ4n) is 1.56. The molecule has 3 nitrogen and oxygen atoms in total. The predicted octanol–water partition coefficient (Wildman–Crippen LogP) is 2.70. The molecule has 1 heterocycles. The Bertz CT molecular complexity index is 336. The van der Waals surface area contributed by atoms with Crippen molar-refractivity contribution in [2.24, 2.45) is 0 Å². The number of hydrogen-bond donors (Lipinski definition) is 1. The molecule has 1 amide bonds. The Morgan fingerprint density at radius 1 is 1.38 bits per heavy atom. The van der Waals surface area contributed by atoms with Gasteiger partial charge < -0.3 is 5.32 Å². The molecule has 3 heteroatoms. The van der Waals surface area contributed by atoms with Crippen LogP contribution in [0.4, 0.5) is 0 Å². The van der Waals surface area contributed by atoms with Gasteiger partial charge in [-0.2, -0.15) is 0 Å². The number of nitrogens with zero attached hydrogens (tertiary/aromatic N) is 1. The maximum Gasteiger partial charge on any atom is 0.270 e. The standard InChI is InChI=1S/C13H20N2O/c1-3-4-5-6-9-15-13(16)12-11(2)8-7-10-14-12/h7-8,10H,3-6,9H2,1-2H3,(H,15,16). The highest BCUT2D eigenvalue weighted by Gasteiger charge is 2.08. The fourth-order valence-corrected chi connectivity index (χ4v) is 1.56. The van der Waals surface area contributed by atoms with E-state index in [-0.39, 0.29) is 5.91 Å². The third kappa shape index (κ3) is 4.01. The topological polar surface area (TPSA) is 42.0 Å². The van der Waals surface area contributed by atoms with E-state index in [9.17, 15) is 4.79 Å². The van der Waals surface area contributed by atoms with Gasteiger partial charge in [-0.15, -0.1) is 0 Å². The number of pyridine rings is 1. The smallest absolute Gasteiger partial charge is 0.270 e. The Hall–Kier alpha value is -1.38. The zero-order chi connectivity index (χ0) is 11.8. The van der Waals surface area contributed by atoms with Crippen molar-refractivity contribution >= 4 is 5.91 Å². The van der Waals surface area contributed by atoms with E-state index in [1.807, 2.05) is 19.1 Å². The molecule has 0 saturated carbocycles. The number of carbonyl (C=O) groups is 1. The predicted molar refractivity (Wildman–Crippen MR) is 65.4 cm³/mol. The third-order valence-corrected chi connectivity index (χ3v) is 2.54. The summed E-state index contributed by atoms with van der Waals surface area (Å²) in [6, 6.07) is 3.74. The average molecular weight is 220 g/mol. The van der Waals surface area contributed by atoms with Gasteiger partial charge in [-0.3, -0.25) is 9.78 Å². The summed E-state index contributed by atoms with van der Waals surface area (Å²) >= 11 is 0. The van der Waals surface area contributed by atoms with Crippen LogP contribution in [0.15, 0.2) is 18.3 Å². The van der Waals surface area contributed by atoms with Gasteiger partial charge >= 0.3 is 0 Å². The Morgan fingerprint density at radius 3 is 2.88 bits per heavy atom. The van der Waals surface area contributed by atoms with Crippen LogP contribution in [0.25, 0.3) is 0 Å². The molecule has 1 N–H and O–H groups in total. The van der Waals surface area contributed by atoms with E-state index >= 15 is 0 Å². The van der Waals surface area contributed by atoms with Gasteiger partial charge in [0.25, 0.3) is 5.91 Å². The minimum Gasteiger partial charge on any atom is -0.351 e. The van der Waals surface area contributed by atoms with Crippen LogP contribution in [0.2, 0.25) is 0 Å². The SMILES string of the molecule is CCCCCCNC(=O)c1ncccc1C. The maximum atomic E-state index is 11.7. The summed E-state index contributed by atoms with van der Waals surface area (Å²) in [6.07, 6.45) is 6.33. The normalized spacial score (nSPS) is 10.1. The van der Waals surface area contributed by atoms with Gasteiger partial charge in [-0.1, -0.05) is 32.3 Å². The molecule has 0 unspecified atom stereocenters. The number of hydrogen-bond acceptors (Lipinski definition) is 2. The zero-order valence-corrected chi connectivity index (χ0v) is 10.1. The van der Waals surface area contributed by atoms with Crippen molar-refractivity contribution in [2.45, 2.75) is 39.5 Å². The minimum atomic E-state index is -0.0606. The van der Waals surface area contributed by atoms with Crippen LogP contribution in [-0.2, 0) is 0 Å². The second kappa shape index (κ2) is 6.99. The van der Waals surface area contributed by atoms with Crippen LogP contribution in [0.5, 0.6) is 0 Å². The monoisotopic (exact) mass is 220 g/mol. The van der Waals surface area contributed by atoms with Crippen LogP contribution in [0, 0.1) is 6.92 Å². The molecular weight excluding hydrogens is 200 g/mol. The molecule has 88 valence electrons. The maximum absolute atomic E-state index is 11.7. The first-order chi connectivity index (χ1) is 7.75. The third-order valence-electron chi connectivity index (χ3n) is 2.54. The number of aryl methyl sites for hydroxylation is 1. The molecular formula is C13H20N2O. The molecule has 1 aromatic heterocycles. The highest BCUT2D eigenvalue weighted by Crippen LogP contribution is 2.03. The summed E-state index contributed by atoms with van der Waals surface area (Å²) in [5.74, 6) is -0.0606. The lowest BCUT2D eigenvalue weighted by molar-refractivity contribution is 0.0947. The number of carbonyl (C=O) groups excluding carboxylic acids is 1. The minimum absolute atomic E-state index is 0.0606. The number of nitrogens with one attached hydrogen (secondary N) is 1. The highest BCUT2D eigenvalue weighted by atomic mass is 16.1. The molecule has 0 bridgehead atoms. The molecule has 0 aliphatic heterocycles. The number of rotatable bonds is 6. The van der Waals surface area contributed by atoms with Crippen molar-refractivity contribution in [2.75, 3.05) is 6.54 Å². The van der Waals surface area contributed by atoms with Crippen molar-refractivity contribution in [1.29, 1.82) is 0 Å². The van der Waals surface area contributed by atoms with Crippen LogP contribution in [-0.4, -0.2) is 17.4 Å². The Kier molecular flexibility index (Phi) is 5.54. The van der Waals surface area contributed by atoms with E-state index in [1.165, 1.54) is 19.3 Å². The van der Waals surface area contributed by atoms with E-state index in [1.54, 1.807) is 6.20 Å². The van der Waals surface area contributed by atoms with E-state index < -0.39 is 0 Å². The van der Waals surface area contributed by atoms with Crippen molar-refractivity contribution < 1.29 is 4.79 Å². The molecule has 0 radical (unpaired) electrons. The largest absolute Gasteiger partial charge is 0.351 e. The van der Waals surface area contributed by atoms with E-state index in [0.717, 1.165) is 18.5 Å². The first-order valence-corrected chi connectivity index (χ1v) is 5.95. The zero-order valence-electron chi connectivity index (χ0n) is 10.1. The average Bonchev–Trinajstić information content (AvgIpc) is 2.29. The van der Waals surface area contributed by atoms with Gasteiger partial charge in [0.05, 0.1) is 0 Å². The number of aromatic nitrogens is 1. The summed E-state index contributed by atoms with van der Waals surface area (Å²) in [7, 11) is 0. The fraction of sp³-hybridized carbons (Fsp3) is 0.538. The quantitative estimate of drug-likeness (QED) is 0.749. The molecule has 1 aromatic rings. The van der Waals surface area contributed by atoms with Crippen molar-refractivity contribution in [1.82, 2.24) is 10.3 Å². The lowest BCUT2D eigenvalue weighted by Crippen LogP contribution is -2.26. The van der Waals surface area contributed by atoms with E-state index in [4.69, 9.17) is 0 Å². The lowest BCUT2D eigenvalue weighted by atomic mass is 10.2. The van der Waals surface area contributed by atoms with Gasteiger partial charge in [0.2, 0.25) is 0 Å². The molecule has 0 atom stereocenters. The molecule has 0 aliphatic carbocycles. The van der Waals surface area contributed by atoms with Gasteiger partial charge in [0.1, 0.15) is 5.69 Å². The van der Waals surface area contributed by atoms with Gasteiger partial charge in [-0.05, 0) is 25.0 Å². The first-order valence-electron chi connectivity index (χ1n) is 5.95. The Balaban J connectivity index is 2.33. The Morgan fingerprint density at radius 2 is 2.19 bits per heavy atom. The van der Waals surface area contributed by atoms with Crippen LogP contribution < -0.4 is 5.32 Å². The molecule has 0 aliphatic rings. The summed E-state index contributed by atoms with van der Waals surface area (Å²) in [5, 5.41) is 2.90.